The minimum atomic E-state index is -0.255. The second kappa shape index (κ2) is 8.52. The molecule has 2 aromatic carbocycles. The van der Waals surface area contributed by atoms with E-state index in [0.717, 1.165) is 30.0 Å². The van der Waals surface area contributed by atoms with Crippen molar-refractivity contribution in [3.05, 3.63) is 93.7 Å². The Hall–Kier alpha value is -2.57. The number of carbonyl (C=O) groups excluding carboxylic acids is 1. The van der Waals surface area contributed by atoms with Crippen LogP contribution < -0.4 is 0 Å². The third-order valence-corrected chi connectivity index (χ3v) is 7.52. The lowest BCUT2D eigenvalue weighted by molar-refractivity contribution is 0.0617. The summed E-state index contributed by atoms with van der Waals surface area (Å²) in [5, 5.41) is 1.93. The van der Waals surface area contributed by atoms with Crippen LogP contribution in [-0.4, -0.2) is 41.4 Å². The molecule has 2 aliphatic heterocycles. The molecule has 2 aliphatic rings. The zero-order valence-corrected chi connectivity index (χ0v) is 17.9. The van der Waals surface area contributed by atoms with E-state index in [9.17, 15) is 13.6 Å². The number of benzene rings is 2. The summed E-state index contributed by atoms with van der Waals surface area (Å²) in [5.41, 5.74) is 1.76. The van der Waals surface area contributed by atoms with Gasteiger partial charge in [0.2, 0.25) is 0 Å². The summed E-state index contributed by atoms with van der Waals surface area (Å²) < 4.78 is 27.7. The number of hydrogen-bond acceptors (Lipinski definition) is 3. The van der Waals surface area contributed by atoms with E-state index in [1.807, 2.05) is 46.7 Å². The summed E-state index contributed by atoms with van der Waals surface area (Å²) in [5.74, 6) is 0.0141. The number of rotatable bonds is 4. The lowest BCUT2D eigenvalue weighted by atomic mass is 9.81. The van der Waals surface area contributed by atoms with Gasteiger partial charge in [-0.05, 0) is 41.6 Å². The minimum absolute atomic E-state index is 0.0807. The van der Waals surface area contributed by atoms with Crippen molar-refractivity contribution in [1.29, 1.82) is 0 Å². The van der Waals surface area contributed by atoms with E-state index < -0.39 is 0 Å². The topological polar surface area (TPSA) is 23.6 Å². The molecule has 5 rings (SSSR count). The van der Waals surface area contributed by atoms with Gasteiger partial charge in [0.25, 0.3) is 5.91 Å². The summed E-state index contributed by atoms with van der Waals surface area (Å²) >= 11 is 1.47. The number of hydrogen-bond donors (Lipinski definition) is 0. The van der Waals surface area contributed by atoms with Crippen LogP contribution in [0.15, 0.2) is 66.0 Å². The summed E-state index contributed by atoms with van der Waals surface area (Å²) in [6.07, 6.45) is 0.855. The highest BCUT2D eigenvalue weighted by Crippen LogP contribution is 2.42. The average molecular weight is 439 g/mol. The Morgan fingerprint density at radius 3 is 2.55 bits per heavy atom. The first-order chi connectivity index (χ1) is 15.1. The molecule has 2 saturated heterocycles. The number of likely N-dealkylation sites (tertiary alicyclic amines) is 2. The molecule has 0 bridgehead atoms. The van der Waals surface area contributed by atoms with Crippen LogP contribution in [-0.2, 0) is 6.54 Å². The first kappa shape index (κ1) is 20.3. The monoisotopic (exact) mass is 438 g/mol. The lowest BCUT2D eigenvalue weighted by Crippen LogP contribution is -2.47. The molecule has 0 N–H and O–H groups in total. The average Bonchev–Trinajstić information content (AvgIpc) is 3.44. The fourth-order valence-electron chi connectivity index (χ4n) is 5.15. The number of piperidine rings is 1. The summed E-state index contributed by atoms with van der Waals surface area (Å²) in [6, 6.07) is 17.5. The van der Waals surface area contributed by atoms with Crippen molar-refractivity contribution in [3.63, 3.8) is 0 Å². The van der Waals surface area contributed by atoms with Gasteiger partial charge in [0, 0.05) is 49.6 Å². The Morgan fingerprint density at radius 1 is 1.00 bits per heavy atom. The van der Waals surface area contributed by atoms with E-state index in [1.165, 1.54) is 29.5 Å². The highest BCUT2D eigenvalue weighted by Gasteiger charge is 2.47. The maximum absolute atomic E-state index is 14.2. The molecule has 3 nitrogen and oxygen atoms in total. The van der Waals surface area contributed by atoms with Crippen molar-refractivity contribution in [2.75, 3.05) is 19.6 Å². The van der Waals surface area contributed by atoms with Gasteiger partial charge in [-0.25, -0.2) is 8.78 Å². The normalized spacial score (nSPS) is 23.7. The number of amides is 1. The molecule has 2 fully saturated rings. The second-order valence-electron chi connectivity index (χ2n) is 8.44. The van der Waals surface area contributed by atoms with Crippen LogP contribution in [0, 0.1) is 17.6 Å². The van der Waals surface area contributed by atoms with Crippen molar-refractivity contribution < 1.29 is 13.6 Å². The van der Waals surface area contributed by atoms with E-state index in [-0.39, 0.29) is 35.4 Å². The summed E-state index contributed by atoms with van der Waals surface area (Å²) in [7, 11) is 0. The maximum atomic E-state index is 14.2. The van der Waals surface area contributed by atoms with Crippen molar-refractivity contribution in [3.8, 4) is 0 Å². The molecule has 0 saturated carbocycles. The van der Waals surface area contributed by atoms with Gasteiger partial charge in [-0.3, -0.25) is 9.69 Å². The van der Waals surface area contributed by atoms with Crippen molar-refractivity contribution in [1.82, 2.24) is 9.80 Å². The van der Waals surface area contributed by atoms with Crippen LogP contribution in [0.2, 0.25) is 0 Å². The fraction of sp³-hybridized carbons (Fsp3) is 0.320. The SMILES string of the molecule is O=C(c1cccs1)N1C[C@H](c2ccc(F)cc2)[C@H]2CN(Cc3ccccc3F)CC[C@H]21. The standard InChI is InChI=1S/C25H24F2N2OS/c26-19-9-7-17(8-10-19)20-16-29(25(30)24-6-3-13-31-24)23-11-12-28(15-21(20)23)14-18-4-1-2-5-22(18)27/h1-10,13,20-21,23H,11-12,14-16H2/t20-,21-,23-/m1/s1. The highest BCUT2D eigenvalue weighted by molar-refractivity contribution is 7.12. The predicted molar refractivity (Wildman–Crippen MR) is 118 cm³/mol. The van der Waals surface area contributed by atoms with E-state index in [2.05, 4.69) is 4.90 Å². The third kappa shape index (κ3) is 4.02. The van der Waals surface area contributed by atoms with Gasteiger partial charge in [-0.1, -0.05) is 36.4 Å². The molecule has 1 aromatic heterocycles. The van der Waals surface area contributed by atoms with Crippen LogP contribution in [0.1, 0.15) is 33.1 Å². The fourth-order valence-corrected chi connectivity index (χ4v) is 5.83. The van der Waals surface area contributed by atoms with Gasteiger partial charge in [-0.15, -0.1) is 11.3 Å². The molecule has 0 spiro atoms. The number of halogens is 2. The molecule has 31 heavy (non-hydrogen) atoms. The third-order valence-electron chi connectivity index (χ3n) is 6.66. The van der Waals surface area contributed by atoms with Crippen LogP contribution in [0.4, 0.5) is 8.78 Å². The Kier molecular flexibility index (Phi) is 5.59. The number of nitrogens with zero attached hydrogens (tertiary/aromatic N) is 2. The number of carbonyl (C=O) groups is 1. The summed E-state index contributed by atoms with van der Waals surface area (Å²) in [6.45, 7) is 2.80. The van der Waals surface area contributed by atoms with Gasteiger partial charge >= 0.3 is 0 Å². The highest BCUT2D eigenvalue weighted by atomic mass is 32.1. The molecule has 3 atom stereocenters. The molecular formula is C25H24F2N2OS. The zero-order valence-electron chi connectivity index (χ0n) is 17.1. The second-order valence-corrected chi connectivity index (χ2v) is 9.39. The quantitative estimate of drug-likeness (QED) is 0.562. The summed E-state index contributed by atoms with van der Waals surface area (Å²) in [4.78, 5) is 18.3. The smallest absolute Gasteiger partial charge is 0.264 e. The van der Waals surface area contributed by atoms with Crippen molar-refractivity contribution in [2.24, 2.45) is 5.92 Å². The first-order valence-corrected chi connectivity index (χ1v) is 11.5. The lowest BCUT2D eigenvalue weighted by Gasteiger charge is -2.39. The molecule has 3 aromatic rings. The Morgan fingerprint density at radius 2 is 1.81 bits per heavy atom. The van der Waals surface area contributed by atoms with Gasteiger partial charge in [0.15, 0.2) is 0 Å². The molecular weight excluding hydrogens is 414 g/mol. The van der Waals surface area contributed by atoms with Gasteiger partial charge < -0.3 is 4.90 Å². The van der Waals surface area contributed by atoms with E-state index in [0.29, 0.717) is 18.7 Å². The Bertz CT molecular complexity index is 1050. The Balaban J connectivity index is 1.41. The van der Waals surface area contributed by atoms with Gasteiger partial charge in [-0.2, -0.15) is 0 Å². The molecule has 3 heterocycles. The van der Waals surface area contributed by atoms with Crippen LogP contribution in [0.25, 0.3) is 0 Å². The first-order valence-electron chi connectivity index (χ1n) is 10.7. The molecule has 0 unspecified atom stereocenters. The molecule has 0 radical (unpaired) electrons. The predicted octanol–water partition coefficient (Wildman–Crippen LogP) is 5.16. The van der Waals surface area contributed by atoms with Crippen LogP contribution in [0.5, 0.6) is 0 Å². The number of fused-ring (bicyclic) bond motifs is 1. The number of thiophene rings is 1. The minimum Gasteiger partial charge on any atom is -0.334 e. The van der Waals surface area contributed by atoms with E-state index in [1.54, 1.807) is 6.07 Å². The van der Waals surface area contributed by atoms with Crippen molar-refractivity contribution in [2.45, 2.75) is 24.9 Å². The maximum Gasteiger partial charge on any atom is 0.264 e. The van der Waals surface area contributed by atoms with E-state index in [4.69, 9.17) is 0 Å². The van der Waals surface area contributed by atoms with Crippen LogP contribution >= 0.6 is 11.3 Å². The van der Waals surface area contributed by atoms with Crippen molar-refractivity contribution >= 4 is 17.2 Å². The van der Waals surface area contributed by atoms with Crippen LogP contribution in [0.3, 0.4) is 0 Å². The zero-order chi connectivity index (χ0) is 21.4. The molecule has 0 aliphatic carbocycles. The molecule has 160 valence electrons. The largest absolute Gasteiger partial charge is 0.334 e. The van der Waals surface area contributed by atoms with Gasteiger partial charge in [0.1, 0.15) is 11.6 Å². The van der Waals surface area contributed by atoms with E-state index >= 15 is 0 Å². The molecule has 1 amide bonds. The molecule has 6 heteroatoms. The van der Waals surface area contributed by atoms with Gasteiger partial charge in [0.05, 0.1) is 4.88 Å². The Labute approximate surface area is 184 Å².